The fraction of sp³-hybridized carbons (Fsp3) is 0.972. The lowest BCUT2D eigenvalue weighted by Gasteiger charge is -2.28. The van der Waals surface area contributed by atoms with Crippen molar-refractivity contribution in [2.24, 2.45) is 11.8 Å². The third kappa shape index (κ3) is 27.0. The van der Waals surface area contributed by atoms with Crippen molar-refractivity contribution in [2.45, 2.75) is 213 Å². The van der Waals surface area contributed by atoms with Crippen LogP contribution in [0, 0.1) is 11.8 Å². The van der Waals surface area contributed by atoms with Crippen LogP contribution < -0.4 is 0 Å². The van der Waals surface area contributed by atoms with Crippen molar-refractivity contribution in [1.82, 2.24) is 0 Å². The zero-order valence-electron chi connectivity index (χ0n) is 26.4. The summed E-state index contributed by atoms with van der Waals surface area (Å²) in [7, 11) is 0. The van der Waals surface area contributed by atoms with Crippen molar-refractivity contribution in [2.75, 3.05) is 0 Å². The second-order valence-electron chi connectivity index (χ2n) is 12.4. The largest absolute Gasteiger partial charge is 0.303 e. The van der Waals surface area contributed by atoms with Gasteiger partial charge in [0.2, 0.25) is 0 Å². The van der Waals surface area contributed by atoms with Crippen molar-refractivity contribution in [3.63, 3.8) is 0 Å². The Hall–Kier alpha value is -0.330. The SMILES string of the molecule is CCCCCCCCCC(CCCCCCCC)C(CCCCCCCC=O)CCCCCCCCC. The second-order valence-corrected chi connectivity index (χ2v) is 12.4. The molecule has 2 atom stereocenters. The van der Waals surface area contributed by atoms with Crippen LogP contribution in [0.3, 0.4) is 0 Å². The Morgan fingerprint density at radius 1 is 0.351 bits per heavy atom. The third-order valence-corrected chi connectivity index (χ3v) is 8.85. The van der Waals surface area contributed by atoms with Gasteiger partial charge in [-0.25, -0.2) is 0 Å². The van der Waals surface area contributed by atoms with Gasteiger partial charge in [-0.05, 0) is 18.3 Å². The van der Waals surface area contributed by atoms with E-state index in [-0.39, 0.29) is 0 Å². The van der Waals surface area contributed by atoms with Gasteiger partial charge in [0.25, 0.3) is 0 Å². The van der Waals surface area contributed by atoms with Gasteiger partial charge in [-0.1, -0.05) is 201 Å². The van der Waals surface area contributed by atoms with Gasteiger partial charge in [0.15, 0.2) is 0 Å². The predicted octanol–water partition coefficient (Wildman–Crippen LogP) is 13.2. The van der Waals surface area contributed by atoms with Crippen LogP contribution in [0.15, 0.2) is 0 Å². The molecule has 0 heterocycles. The van der Waals surface area contributed by atoms with Crippen LogP contribution in [0.4, 0.5) is 0 Å². The lowest BCUT2D eigenvalue weighted by atomic mass is 9.78. The van der Waals surface area contributed by atoms with Gasteiger partial charge in [0.1, 0.15) is 6.29 Å². The van der Waals surface area contributed by atoms with E-state index >= 15 is 0 Å². The van der Waals surface area contributed by atoms with Gasteiger partial charge in [-0.2, -0.15) is 0 Å². The van der Waals surface area contributed by atoms with Gasteiger partial charge < -0.3 is 4.79 Å². The summed E-state index contributed by atoms with van der Waals surface area (Å²) in [5.74, 6) is 1.96. The molecule has 0 rings (SSSR count). The molecule has 2 unspecified atom stereocenters. The number of unbranched alkanes of at least 4 members (excludes halogenated alkanes) is 22. The molecular weight excluding hydrogens is 448 g/mol. The summed E-state index contributed by atoms with van der Waals surface area (Å²) in [6.07, 6.45) is 43.1. The quantitative estimate of drug-likeness (QED) is 0.0636. The normalized spacial score (nSPS) is 13.2. The molecule has 0 radical (unpaired) electrons. The minimum Gasteiger partial charge on any atom is -0.303 e. The maximum absolute atomic E-state index is 10.6. The molecule has 1 heteroatoms. The molecule has 0 aromatic heterocycles. The van der Waals surface area contributed by atoms with Gasteiger partial charge >= 0.3 is 0 Å². The highest BCUT2D eigenvalue weighted by atomic mass is 16.1. The summed E-state index contributed by atoms with van der Waals surface area (Å²) in [4.78, 5) is 10.6. The summed E-state index contributed by atoms with van der Waals surface area (Å²) in [6, 6.07) is 0. The van der Waals surface area contributed by atoms with Crippen LogP contribution in [-0.4, -0.2) is 6.29 Å². The monoisotopic (exact) mass is 521 g/mol. The molecule has 0 aliphatic carbocycles. The maximum atomic E-state index is 10.6. The Morgan fingerprint density at radius 3 is 0.865 bits per heavy atom. The maximum Gasteiger partial charge on any atom is 0.119 e. The minimum absolute atomic E-state index is 0.764. The molecule has 1 nitrogen and oxygen atoms in total. The third-order valence-electron chi connectivity index (χ3n) is 8.85. The highest BCUT2D eigenvalue weighted by Gasteiger charge is 2.20. The Kier molecular flexibility index (Phi) is 31.6. The van der Waals surface area contributed by atoms with Gasteiger partial charge in [0, 0.05) is 6.42 Å². The first-order chi connectivity index (χ1) is 18.3. The average Bonchev–Trinajstić information content (AvgIpc) is 2.91. The van der Waals surface area contributed by atoms with Crippen LogP contribution in [0.2, 0.25) is 0 Å². The molecule has 0 aliphatic rings. The second kappa shape index (κ2) is 31.9. The number of hydrogen-bond acceptors (Lipinski definition) is 1. The van der Waals surface area contributed by atoms with E-state index in [4.69, 9.17) is 0 Å². The summed E-state index contributed by atoms with van der Waals surface area (Å²) >= 11 is 0. The Labute approximate surface area is 236 Å². The number of carbonyl (C=O) groups is 1. The molecule has 0 fully saturated rings. The van der Waals surface area contributed by atoms with Gasteiger partial charge in [-0.3, -0.25) is 0 Å². The molecule has 0 spiro atoms. The van der Waals surface area contributed by atoms with E-state index < -0.39 is 0 Å². The first-order valence-corrected chi connectivity index (χ1v) is 17.7. The van der Waals surface area contributed by atoms with E-state index in [9.17, 15) is 4.79 Å². The molecule has 0 aliphatic heterocycles. The lowest BCUT2D eigenvalue weighted by molar-refractivity contribution is -0.107. The average molecular weight is 521 g/mol. The molecule has 0 aromatic rings. The highest BCUT2D eigenvalue weighted by molar-refractivity contribution is 5.48. The molecule has 37 heavy (non-hydrogen) atoms. The van der Waals surface area contributed by atoms with Crippen molar-refractivity contribution >= 4 is 6.29 Å². The molecule has 0 aromatic carbocycles. The van der Waals surface area contributed by atoms with Crippen LogP contribution in [0.1, 0.15) is 213 Å². The summed E-state index contributed by atoms with van der Waals surface area (Å²) < 4.78 is 0. The fourth-order valence-corrected chi connectivity index (χ4v) is 6.31. The van der Waals surface area contributed by atoms with Crippen molar-refractivity contribution in [3.8, 4) is 0 Å². The molecule has 0 saturated carbocycles. The van der Waals surface area contributed by atoms with Crippen molar-refractivity contribution in [3.05, 3.63) is 0 Å². The van der Waals surface area contributed by atoms with Gasteiger partial charge in [-0.15, -0.1) is 0 Å². The molecule has 222 valence electrons. The standard InChI is InChI=1S/C36H72O/c1-4-7-10-13-16-21-26-31-35(30-25-20-15-12-9-6-3)36(32-27-22-17-14-11-8-5-2)33-28-23-18-19-24-29-34-37/h34-36H,4-33H2,1-3H3. The van der Waals surface area contributed by atoms with E-state index in [2.05, 4.69) is 20.8 Å². The Bertz CT molecular complexity index is 417. The first-order valence-electron chi connectivity index (χ1n) is 17.7. The summed E-state index contributed by atoms with van der Waals surface area (Å²) in [6.45, 7) is 6.97. The highest BCUT2D eigenvalue weighted by Crippen LogP contribution is 2.33. The number of rotatable bonds is 32. The van der Waals surface area contributed by atoms with Crippen LogP contribution in [-0.2, 0) is 4.79 Å². The molecule has 0 N–H and O–H groups in total. The van der Waals surface area contributed by atoms with E-state index in [0.29, 0.717) is 0 Å². The molecule has 0 saturated heterocycles. The zero-order valence-corrected chi connectivity index (χ0v) is 26.4. The van der Waals surface area contributed by atoms with Crippen LogP contribution >= 0.6 is 0 Å². The molecule has 0 amide bonds. The van der Waals surface area contributed by atoms with E-state index in [0.717, 1.165) is 31.0 Å². The van der Waals surface area contributed by atoms with Crippen molar-refractivity contribution < 1.29 is 4.79 Å². The van der Waals surface area contributed by atoms with Crippen LogP contribution in [0.5, 0.6) is 0 Å². The predicted molar refractivity (Wildman–Crippen MR) is 169 cm³/mol. The molecule has 0 bridgehead atoms. The fourth-order valence-electron chi connectivity index (χ4n) is 6.31. The topological polar surface area (TPSA) is 17.1 Å². The number of hydrogen-bond donors (Lipinski definition) is 0. The summed E-state index contributed by atoms with van der Waals surface area (Å²) in [5, 5.41) is 0. The van der Waals surface area contributed by atoms with Crippen LogP contribution in [0.25, 0.3) is 0 Å². The minimum atomic E-state index is 0.764. The number of carbonyl (C=O) groups excluding carboxylic acids is 1. The van der Waals surface area contributed by atoms with E-state index in [1.807, 2.05) is 0 Å². The Morgan fingerprint density at radius 2 is 0.595 bits per heavy atom. The smallest absolute Gasteiger partial charge is 0.119 e. The zero-order chi connectivity index (χ0) is 27.1. The number of aldehydes is 1. The lowest BCUT2D eigenvalue weighted by Crippen LogP contribution is -2.16. The molecular formula is C36H72O. The van der Waals surface area contributed by atoms with Gasteiger partial charge in [0.05, 0.1) is 0 Å². The Balaban J connectivity index is 4.70. The van der Waals surface area contributed by atoms with E-state index in [1.54, 1.807) is 0 Å². The van der Waals surface area contributed by atoms with E-state index in [1.165, 1.54) is 180 Å². The van der Waals surface area contributed by atoms with Crippen molar-refractivity contribution in [1.29, 1.82) is 0 Å². The summed E-state index contributed by atoms with van der Waals surface area (Å²) in [5.41, 5.74) is 0. The first kappa shape index (κ1) is 36.7.